The summed E-state index contributed by atoms with van der Waals surface area (Å²) in [5.74, 6) is 1.06. The predicted molar refractivity (Wildman–Crippen MR) is 129 cm³/mol. The number of fused-ring (bicyclic) bond motifs is 2. The van der Waals surface area contributed by atoms with Gasteiger partial charge in [-0.25, -0.2) is 0 Å². The number of Topliss-reactive ketones (excluding diaryl/α,β-unsaturated/α-hetero) is 1. The normalized spacial score (nSPS) is 16.9. The van der Waals surface area contributed by atoms with Gasteiger partial charge in [-0.15, -0.1) is 11.3 Å². The van der Waals surface area contributed by atoms with Gasteiger partial charge in [-0.05, 0) is 55.1 Å². The van der Waals surface area contributed by atoms with Crippen molar-refractivity contribution in [3.63, 3.8) is 0 Å². The van der Waals surface area contributed by atoms with Crippen molar-refractivity contribution in [2.24, 2.45) is 0 Å². The molecule has 2 aromatic carbocycles. The maximum atomic E-state index is 11.9. The van der Waals surface area contributed by atoms with Gasteiger partial charge in [0, 0.05) is 72.2 Å². The van der Waals surface area contributed by atoms with Gasteiger partial charge in [0.1, 0.15) is 5.75 Å². The molecule has 0 amide bonds. The van der Waals surface area contributed by atoms with Crippen LogP contribution in [-0.4, -0.2) is 56.6 Å². The highest BCUT2D eigenvalue weighted by Gasteiger charge is 2.19. The van der Waals surface area contributed by atoms with Crippen LogP contribution >= 0.6 is 11.3 Å². The zero-order valence-corrected chi connectivity index (χ0v) is 18.6. The van der Waals surface area contributed by atoms with Crippen LogP contribution in [0.5, 0.6) is 5.75 Å². The number of carbonyl (C=O) groups is 1. The van der Waals surface area contributed by atoms with Crippen LogP contribution < -0.4 is 15.0 Å². The molecule has 1 fully saturated rings. The maximum Gasteiger partial charge on any atom is 0.166 e. The number of thiophene rings is 1. The smallest absolute Gasteiger partial charge is 0.166 e. The van der Waals surface area contributed by atoms with E-state index < -0.39 is 0 Å². The lowest BCUT2D eigenvalue weighted by molar-refractivity contribution is 0.0983. The molecule has 6 heteroatoms. The number of nitrogens with zero attached hydrogens (tertiary/aromatic N) is 2. The number of unbranched alkanes of at least 4 members (excludes halogenated alkanes) is 1. The summed E-state index contributed by atoms with van der Waals surface area (Å²) in [6, 6.07) is 14.7. The number of hydrogen-bond donors (Lipinski definition) is 1. The Balaban J connectivity index is 1.04. The van der Waals surface area contributed by atoms with E-state index in [1.54, 1.807) is 0 Å². The first-order valence-electron chi connectivity index (χ1n) is 11.3. The van der Waals surface area contributed by atoms with E-state index in [1.165, 1.54) is 15.8 Å². The molecule has 5 rings (SSSR count). The standard InChI is InChI=1S/C25H29N3O2S/c29-24-8-10-26-22-18-19(6-7-20(22)24)30-16-2-1-11-27-12-14-28(15-13-27)23-4-3-5-25-21(23)9-17-31-25/h3-7,9,17-18,26H,1-2,8,10-16H2. The Hall–Kier alpha value is -2.57. The van der Waals surface area contributed by atoms with Crippen LogP contribution in [0.2, 0.25) is 0 Å². The number of rotatable bonds is 7. The fourth-order valence-corrected chi connectivity index (χ4v) is 5.35. The van der Waals surface area contributed by atoms with Crippen LogP contribution in [0.3, 0.4) is 0 Å². The second-order valence-corrected chi connectivity index (χ2v) is 9.25. The molecule has 0 radical (unpaired) electrons. The van der Waals surface area contributed by atoms with Crippen molar-refractivity contribution in [2.45, 2.75) is 19.3 Å². The van der Waals surface area contributed by atoms with E-state index in [0.717, 1.165) is 62.6 Å². The summed E-state index contributed by atoms with van der Waals surface area (Å²) in [7, 11) is 0. The van der Waals surface area contributed by atoms with Crippen molar-refractivity contribution in [3.05, 3.63) is 53.4 Å². The summed E-state index contributed by atoms with van der Waals surface area (Å²) in [5.41, 5.74) is 3.07. The summed E-state index contributed by atoms with van der Waals surface area (Å²) < 4.78 is 7.30. The third kappa shape index (κ3) is 4.55. The third-order valence-electron chi connectivity index (χ3n) is 6.28. The molecule has 0 bridgehead atoms. The number of hydrogen-bond acceptors (Lipinski definition) is 6. The summed E-state index contributed by atoms with van der Waals surface area (Å²) in [6.07, 6.45) is 2.75. The third-order valence-corrected chi connectivity index (χ3v) is 7.16. The second-order valence-electron chi connectivity index (χ2n) is 8.30. The first kappa shape index (κ1) is 20.3. The number of nitrogens with one attached hydrogen (secondary N) is 1. The summed E-state index contributed by atoms with van der Waals surface area (Å²) in [6.45, 7) is 6.97. The Bertz CT molecular complexity index is 1060. The number of benzene rings is 2. The Morgan fingerprint density at radius 2 is 1.94 bits per heavy atom. The maximum absolute atomic E-state index is 11.9. The number of piperazine rings is 1. The molecule has 0 atom stereocenters. The SMILES string of the molecule is O=C1CCNc2cc(OCCCCN3CCN(c4cccc5sccc45)CC3)ccc21. The molecule has 1 saturated heterocycles. The Morgan fingerprint density at radius 1 is 1.03 bits per heavy atom. The molecule has 2 aliphatic rings. The van der Waals surface area contributed by atoms with E-state index >= 15 is 0 Å². The molecule has 31 heavy (non-hydrogen) atoms. The van der Waals surface area contributed by atoms with Gasteiger partial charge < -0.3 is 15.0 Å². The van der Waals surface area contributed by atoms with E-state index in [9.17, 15) is 4.79 Å². The van der Waals surface area contributed by atoms with Crippen molar-refractivity contribution >= 4 is 38.6 Å². The molecule has 5 nitrogen and oxygen atoms in total. The van der Waals surface area contributed by atoms with E-state index in [2.05, 4.69) is 44.8 Å². The molecule has 0 unspecified atom stereocenters. The lowest BCUT2D eigenvalue weighted by Gasteiger charge is -2.36. The molecule has 0 spiro atoms. The van der Waals surface area contributed by atoms with E-state index in [-0.39, 0.29) is 5.78 Å². The Morgan fingerprint density at radius 3 is 2.84 bits per heavy atom. The highest BCUT2D eigenvalue weighted by Crippen LogP contribution is 2.31. The van der Waals surface area contributed by atoms with Crippen molar-refractivity contribution in [1.82, 2.24) is 4.90 Å². The average Bonchev–Trinajstić information content (AvgIpc) is 3.29. The molecule has 1 N–H and O–H groups in total. The van der Waals surface area contributed by atoms with Crippen LogP contribution in [0, 0.1) is 0 Å². The predicted octanol–water partition coefficient (Wildman–Crippen LogP) is 4.88. The molecule has 2 aliphatic heterocycles. The lowest BCUT2D eigenvalue weighted by atomic mass is 10.0. The Kier molecular flexibility index (Phi) is 6.09. The first-order chi connectivity index (χ1) is 15.3. The van der Waals surface area contributed by atoms with E-state index in [4.69, 9.17) is 4.74 Å². The van der Waals surface area contributed by atoms with Gasteiger partial charge in [-0.1, -0.05) is 6.07 Å². The van der Waals surface area contributed by atoms with Gasteiger partial charge in [-0.2, -0.15) is 0 Å². The highest BCUT2D eigenvalue weighted by atomic mass is 32.1. The molecule has 0 saturated carbocycles. The van der Waals surface area contributed by atoms with Crippen LogP contribution in [0.1, 0.15) is 29.6 Å². The first-order valence-corrected chi connectivity index (χ1v) is 12.1. The van der Waals surface area contributed by atoms with Gasteiger partial charge in [-0.3, -0.25) is 9.69 Å². The van der Waals surface area contributed by atoms with Crippen molar-refractivity contribution in [2.75, 3.05) is 56.1 Å². The highest BCUT2D eigenvalue weighted by molar-refractivity contribution is 7.17. The number of anilines is 2. The van der Waals surface area contributed by atoms with Crippen molar-refractivity contribution in [3.8, 4) is 5.75 Å². The molecular formula is C25H29N3O2S. The van der Waals surface area contributed by atoms with Crippen LogP contribution in [0.15, 0.2) is 47.8 Å². The monoisotopic (exact) mass is 435 g/mol. The fraction of sp³-hybridized carbons (Fsp3) is 0.400. The van der Waals surface area contributed by atoms with Gasteiger partial charge in [0.25, 0.3) is 0 Å². The summed E-state index contributed by atoms with van der Waals surface area (Å²) >= 11 is 1.82. The molecule has 3 heterocycles. The number of ether oxygens (including phenoxy) is 1. The van der Waals surface area contributed by atoms with Crippen molar-refractivity contribution < 1.29 is 9.53 Å². The quantitative estimate of drug-likeness (QED) is 0.536. The van der Waals surface area contributed by atoms with Gasteiger partial charge in [0.2, 0.25) is 0 Å². The molecule has 3 aromatic rings. The van der Waals surface area contributed by atoms with Gasteiger partial charge >= 0.3 is 0 Å². The van der Waals surface area contributed by atoms with Crippen LogP contribution in [-0.2, 0) is 0 Å². The van der Waals surface area contributed by atoms with E-state index in [0.29, 0.717) is 19.6 Å². The zero-order chi connectivity index (χ0) is 21.0. The fourth-order valence-electron chi connectivity index (χ4n) is 4.54. The summed E-state index contributed by atoms with van der Waals surface area (Å²) in [5, 5.41) is 6.87. The van der Waals surface area contributed by atoms with Gasteiger partial charge in [0.15, 0.2) is 5.78 Å². The van der Waals surface area contributed by atoms with Crippen molar-refractivity contribution in [1.29, 1.82) is 0 Å². The van der Waals surface area contributed by atoms with Crippen LogP contribution in [0.4, 0.5) is 11.4 Å². The van der Waals surface area contributed by atoms with Crippen LogP contribution in [0.25, 0.3) is 10.1 Å². The largest absolute Gasteiger partial charge is 0.494 e. The molecule has 0 aliphatic carbocycles. The Labute approximate surface area is 187 Å². The molecular weight excluding hydrogens is 406 g/mol. The minimum Gasteiger partial charge on any atom is -0.494 e. The average molecular weight is 436 g/mol. The van der Waals surface area contributed by atoms with E-state index in [1.807, 2.05) is 29.5 Å². The van der Waals surface area contributed by atoms with Gasteiger partial charge in [0.05, 0.1) is 6.61 Å². The number of ketones is 1. The molecule has 162 valence electrons. The summed E-state index contributed by atoms with van der Waals surface area (Å²) in [4.78, 5) is 17.0. The minimum atomic E-state index is 0.215. The number of carbonyl (C=O) groups excluding carboxylic acids is 1. The molecule has 1 aromatic heterocycles. The second kappa shape index (κ2) is 9.28. The topological polar surface area (TPSA) is 44.8 Å². The zero-order valence-electron chi connectivity index (χ0n) is 17.8. The minimum absolute atomic E-state index is 0.215. The lowest BCUT2D eigenvalue weighted by Crippen LogP contribution is -2.46.